The molecule has 100 valence electrons. The zero-order valence-corrected chi connectivity index (χ0v) is 11.0. The summed E-state index contributed by atoms with van der Waals surface area (Å²) in [7, 11) is 0. The molecule has 0 aromatic heterocycles. The number of ether oxygens (including phenoxy) is 1. The van der Waals surface area contributed by atoms with Crippen LogP contribution in [0.3, 0.4) is 0 Å². The minimum atomic E-state index is -0.699. The molecule has 4 nitrogen and oxygen atoms in total. The lowest BCUT2D eigenvalue weighted by molar-refractivity contribution is -0.137. The highest BCUT2D eigenvalue weighted by molar-refractivity contribution is 5.66. The number of carboxylic acid groups (broad SMARTS) is 1. The van der Waals surface area contributed by atoms with Crippen molar-refractivity contribution in [2.24, 2.45) is 5.41 Å². The molecule has 0 bridgehead atoms. The first-order valence-corrected chi connectivity index (χ1v) is 6.52. The van der Waals surface area contributed by atoms with Gasteiger partial charge in [-0.2, -0.15) is 0 Å². The Morgan fingerprint density at radius 3 is 2.59 bits per heavy atom. The summed E-state index contributed by atoms with van der Waals surface area (Å²) in [5, 5.41) is 12.2. The molecular formula is C13H25NO3. The molecule has 0 spiro atoms. The van der Waals surface area contributed by atoms with Crippen LogP contribution in [0.4, 0.5) is 0 Å². The van der Waals surface area contributed by atoms with Crippen molar-refractivity contribution in [3.63, 3.8) is 0 Å². The van der Waals surface area contributed by atoms with E-state index in [2.05, 4.69) is 19.2 Å². The highest BCUT2D eigenvalue weighted by Crippen LogP contribution is 2.26. The molecule has 0 aromatic rings. The second-order valence-corrected chi connectivity index (χ2v) is 5.65. The van der Waals surface area contributed by atoms with Crippen molar-refractivity contribution in [2.75, 3.05) is 19.8 Å². The van der Waals surface area contributed by atoms with Crippen LogP contribution >= 0.6 is 0 Å². The van der Waals surface area contributed by atoms with Gasteiger partial charge in [0, 0.05) is 25.7 Å². The van der Waals surface area contributed by atoms with Crippen molar-refractivity contribution in [3.05, 3.63) is 0 Å². The van der Waals surface area contributed by atoms with Crippen molar-refractivity contribution >= 4 is 5.97 Å². The van der Waals surface area contributed by atoms with E-state index < -0.39 is 5.97 Å². The van der Waals surface area contributed by atoms with E-state index in [1.54, 1.807) is 0 Å². The summed E-state index contributed by atoms with van der Waals surface area (Å²) in [4.78, 5) is 10.5. The zero-order valence-electron chi connectivity index (χ0n) is 11.0. The fourth-order valence-corrected chi connectivity index (χ4v) is 2.09. The van der Waals surface area contributed by atoms with Crippen LogP contribution < -0.4 is 5.32 Å². The molecule has 1 heterocycles. The van der Waals surface area contributed by atoms with Crippen molar-refractivity contribution in [1.29, 1.82) is 0 Å². The quantitative estimate of drug-likeness (QED) is 0.718. The van der Waals surface area contributed by atoms with Gasteiger partial charge in [-0.1, -0.05) is 13.8 Å². The molecule has 1 aliphatic heterocycles. The van der Waals surface area contributed by atoms with Crippen LogP contribution in [0.5, 0.6) is 0 Å². The predicted molar refractivity (Wildman–Crippen MR) is 67.1 cm³/mol. The number of nitrogens with one attached hydrogen (secondary N) is 1. The summed E-state index contributed by atoms with van der Waals surface area (Å²) in [6, 6.07) is 0.582. The van der Waals surface area contributed by atoms with E-state index in [1.807, 2.05) is 0 Å². The predicted octanol–water partition coefficient (Wildman–Crippen LogP) is 2.04. The minimum absolute atomic E-state index is 0.108. The van der Waals surface area contributed by atoms with Gasteiger partial charge in [-0.25, -0.2) is 0 Å². The van der Waals surface area contributed by atoms with Crippen molar-refractivity contribution in [1.82, 2.24) is 5.32 Å². The molecule has 4 heteroatoms. The van der Waals surface area contributed by atoms with E-state index in [0.717, 1.165) is 45.4 Å². The van der Waals surface area contributed by atoms with Gasteiger partial charge in [0.1, 0.15) is 0 Å². The van der Waals surface area contributed by atoms with Crippen molar-refractivity contribution < 1.29 is 14.6 Å². The summed E-state index contributed by atoms with van der Waals surface area (Å²) in [5.41, 5.74) is 0.108. The molecule has 0 atom stereocenters. The minimum Gasteiger partial charge on any atom is -0.481 e. The molecule has 0 saturated carbocycles. The van der Waals surface area contributed by atoms with Gasteiger partial charge in [0.2, 0.25) is 0 Å². The Labute approximate surface area is 104 Å². The fraction of sp³-hybridized carbons (Fsp3) is 0.923. The number of aliphatic carboxylic acids is 1. The topological polar surface area (TPSA) is 58.6 Å². The Balaban J connectivity index is 2.12. The summed E-state index contributed by atoms with van der Waals surface area (Å²) in [6.07, 6.45) is 4.23. The number of hydrogen-bond acceptors (Lipinski definition) is 3. The van der Waals surface area contributed by atoms with E-state index in [-0.39, 0.29) is 11.8 Å². The number of hydrogen-bond donors (Lipinski definition) is 2. The van der Waals surface area contributed by atoms with Gasteiger partial charge in [0.25, 0.3) is 0 Å². The van der Waals surface area contributed by atoms with Gasteiger partial charge in [-0.15, -0.1) is 0 Å². The molecule has 1 aliphatic rings. The maximum atomic E-state index is 10.5. The first kappa shape index (κ1) is 14.5. The summed E-state index contributed by atoms with van der Waals surface area (Å²) in [5.74, 6) is -0.699. The van der Waals surface area contributed by atoms with Crippen LogP contribution in [0.2, 0.25) is 0 Å². The maximum Gasteiger partial charge on any atom is 0.303 e. The summed E-state index contributed by atoms with van der Waals surface area (Å²) in [6.45, 7) is 6.97. The first-order valence-electron chi connectivity index (χ1n) is 6.52. The molecule has 1 rings (SSSR count). The SMILES string of the molecule is CC(C)(CCNC1CCOCC1)CCC(=O)O. The highest BCUT2D eigenvalue weighted by Gasteiger charge is 2.20. The van der Waals surface area contributed by atoms with Crippen LogP contribution in [0.1, 0.15) is 46.0 Å². The molecule has 0 radical (unpaired) electrons. The van der Waals surface area contributed by atoms with Gasteiger partial charge in [0.15, 0.2) is 0 Å². The normalized spacial score (nSPS) is 18.2. The average molecular weight is 243 g/mol. The monoisotopic (exact) mass is 243 g/mol. The fourth-order valence-electron chi connectivity index (χ4n) is 2.09. The molecule has 17 heavy (non-hydrogen) atoms. The second-order valence-electron chi connectivity index (χ2n) is 5.65. The second kappa shape index (κ2) is 6.97. The van der Waals surface area contributed by atoms with Crippen molar-refractivity contribution in [3.8, 4) is 0 Å². The molecule has 1 saturated heterocycles. The Bertz CT molecular complexity index is 235. The first-order chi connectivity index (χ1) is 7.99. The number of carbonyl (C=O) groups is 1. The molecule has 0 amide bonds. The van der Waals surface area contributed by atoms with Crippen LogP contribution in [-0.4, -0.2) is 36.9 Å². The number of carboxylic acids is 1. The molecule has 0 aromatic carbocycles. The van der Waals surface area contributed by atoms with E-state index in [1.165, 1.54) is 0 Å². The summed E-state index contributed by atoms with van der Waals surface area (Å²) < 4.78 is 5.31. The van der Waals surface area contributed by atoms with E-state index >= 15 is 0 Å². The van der Waals surface area contributed by atoms with Gasteiger partial charge in [-0.3, -0.25) is 4.79 Å². The molecular weight excluding hydrogens is 218 g/mol. The zero-order chi connectivity index (χ0) is 12.7. The highest BCUT2D eigenvalue weighted by atomic mass is 16.5. The molecule has 1 fully saturated rings. The third-order valence-electron chi connectivity index (χ3n) is 3.47. The maximum absolute atomic E-state index is 10.5. The van der Waals surface area contributed by atoms with Gasteiger partial charge in [-0.05, 0) is 37.6 Å². The third kappa shape index (κ3) is 6.64. The Morgan fingerprint density at radius 2 is 2.00 bits per heavy atom. The van der Waals surface area contributed by atoms with Gasteiger partial charge < -0.3 is 15.2 Å². The van der Waals surface area contributed by atoms with Gasteiger partial charge in [0.05, 0.1) is 0 Å². The number of rotatable bonds is 7. The Hall–Kier alpha value is -0.610. The lowest BCUT2D eigenvalue weighted by atomic mass is 9.84. The van der Waals surface area contributed by atoms with E-state index in [9.17, 15) is 4.79 Å². The van der Waals surface area contributed by atoms with Crippen LogP contribution in [-0.2, 0) is 9.53 Å². The Morgan fingerprint density at radius 1 is 1.35 bits per heavy atom. The third-order valence-corrected chi connectivity index (χ3v) is 3.47. The van der Waals surface area contributed by atoms with E-state index in [0.29, 0.717) is 6.04 Å². The lowest BCUT2D eigenvalue weighted by Gasteiger charge is -2.27. The summed E-state index contributed by atoms with van der Waals surface area (Å²) >= 11 is 0. The Kier molecular flexibility index (Phi) is 5.92. The van der Waals surface area contributed by atoms with Gasteiger partial charge >= 0.3 is 5.97 Å². The van der Waals surface area contributed by atoms with Crippen molar-refractivity contribution in [2.45, 2.75) is 52.0 Å². The average Bonchev–Trinajstić information content (AvgIpc) is 2.28. The molecule has 0 aliphatic carbocycles. The van der Waals surface area contributed by atoms with E-state index in [4.69, 9.17) is 9.84 Å². The van der Waals surface area contributed by atoms with Crippen LogP contribution in [0, 0.1) is 5.41 Å². The molecule has 2 N–H and O–H groups in total. The molecule has 0 unspecified atom stereocenters. The smallest absolute Gasteiger partial charge is 0.303 e. The largest absolute Gasteiger partial charge is 0.481 e. The van der Waals surface area contributed by atoms with Crippen LogP contribution in [0.15, 0.2) is 0 Å². The lowest BCUT2D eigenvalue weighted by Crippen LogP contribution is -2.36. The van der Waals surface area contributed by atoms with Crippen LogP contribution in [0.25, 0.3) is 0 Å². The standard InChI is InChI=1S/C13H25NO3/c1-13(2,6-3-12(15)16)7-8-14-11-4-9-17-10-5-11/h11,14H,3-10H2,1-2H3,(H,15,16).